The molecule has 16 heteroatoms. The Kier molecular flexibility index (Phi) is 15.0. The third kappa shape index (κ3) is 10.2. The molecule has 14 nitrogen and oxygen atoms in total. The van der Waals surface area contributed by atoms with E-state index in [4.69, 9.17) is 18.9 Å². The van der Waals surface area contributed by atoms with Gasteiger partial charge >= 0.3 is 0 Å². The van der Waals surface area contributed by atoms with Crippen molar-refractivity contribution in [2.24, 2.45) is 0 Å². The Labute approximate surface area is 365 Å². The molecule has 2 saturated heterocycles. The SMILES string of the molecule is CS(=O)(=O)c1ccc([C@@H]2O[C@H](CO)[C@@H](O)[C@H](O)[C@H]2O)cc1Cc1ccc2c(c1)CCCO2.CSc1ccc([C@@H]2O[C@H](CO)[C@@H](O)[C@H](O)[C@H]2O)cc1Cc1ccc2c(c1)CCCO2. The van der Waals surface area contributed by atoms with E-state index in [9.17, 15) is 49.3 Å². The van der Waals surface area contributed by atoms with Crippen molar-refractivity contribution in [3.05, 3.63) is 117 Å². The Morgan fingerprint density at radius 1 is 0.597 bits per heavy atom. The van der Waals surface area contributed by atoms with Gasteiger partial charge in [-0.15, -0.1) is 11.8 Å². The number of hydrogen-bond donors (Lipinski definition) is 8. The Morgan fingerprint density at radius 3 is 1.53 bits per heavy atom. The zero-order chi connectivity index (χ0) is 44.3. The lowest BCUT2D eigenvalue weighted by Gasteiger charge is -2.40. The minimum Gasteiger partial charge on any atom is -0.493 e. The molecule has 4 aromatic carbocycles. The Morgan fingerprint density at radius 2 is 1.06 bits per heavy atom. The Balaban J connectivity index is 0.000000187. The van der Waals surface area contributed by atoms with Crippen molar-refractivity contribution in [1.29, 1.82) is 0 Å². The maximum absolute atomic E-state index is 12.4. The monoisotopic (exact) mass is 896 g/mol. The van der Waals surface area contributed by atoms with Gasteiger partial charge in [-0.3, -0.25) is 0 Å². The molecule has 8 N–H and O–H groups in total. The van der Waals surface area contributed by atoms with Gasteiger partial charge in [0.05, 0.1) is 31.3 Å². The van der Waals surface area contributed by atoms with Crippen molar-refractivity contribution < 1.29 is 68.2 Å². The quantitative estimate of drug-likeness (QED) is 0.107. The van der Waals surface area contributed by atoms with Crippen LogP contribution in [-0.4, -0.2) is 137 Å². The van der Waals surface area contributed by atoms with E-state index in [1.165, 1.54) is 23.3 Å². The van der Waals surface area contributed by atoms with Gasteiger partial charge in [-0.2, -0.15) is 0 Å². The van der Waals surface area contributed by atoms with Crippen LogP contribution < -0.4 is 9.47 Å². The van der Waals surface area contributed by atoms with E-state index >= 15 is 0 Å². The number of hydrogen-bond acceptors (Lipinski definition) is 15. The molecule has 0 bridgehead atoms. The van der Waals surface area contributed by atoms with Gasteiger partial charge in [-0.25, -0.2) is 8.42 Å². The predicted octanol–water partition coefficient (Wildman–Crippen LogP) is 2.36. The van der Waals surface area contributed by atoms with Gasteiger partial charge in [0.2, 0.25) is 0 Å². The van der Waals surface area contributed by atoms with Crippen LogP contribution in [0.2, 0.25) is 0 Å². The molecule has 4 aromatic rings. The number of rotatable bonds is 10. The summed E-state index contributed by atoms with van der Waals surface area (Å²) in [6.07, 6.45) is -4.17. The molecule has 10 atom stereocenters. The van der Waals surface area contributed by atoms with Crippen molar-refractivity contribution in [1.82, 2.24) is 0 Å². The maximum atomic E-state index is 12.4. The first-order chi connectivity index (χ1) is 29.7. The first-order valence-electron chi connectivity index (χ1n) is 20.8. The zero-order valence-corrected chi connectivity index (χ0v) is 36.2. The highest BCUT2D eigenvalue weighted by Gasteiger charge is 2.45. The molecule has 0 radical (unpaired) electrons. The van der Waals surface area contributed by atoms with Crippen molar-refractivity contribution in [3.63, 3.8) is 0 Å². The first kappa shape index (κ1) is 46.4. The molecule has 0 unspecified atom stereocenters. The first-order valence-corrected chi connectivity index (χ1v) is 23.9. The van der Waals surface area contributed by atoms with E-state index in [0.29, 0.717) is 36.1 Å². The third-order valence-corrected chi connectivity index (χ3v) is 14.0. The number of fused-ring (bicyclic) bond motifs is 2. The fraction of sp³-hybridized carbons (Fsp3) is 0.478. The average molecular weight is 897 g/mol. The van der Waals surface area contributed by atoms with Crippen LogP contribution in [0.3, 0.4) is 0 Å². The summed E-state index contributed by atoms with van der Waals surface area (Å²) in [6.45, 7) is 0.483. The fourth-order valence-electron chi connectivity index (χ4n) is 8.63. The summed E-state index contributed by atoms with van der Waals surface area (Å²) in [5.41, 5.74) is 7.19. The van der Waals surface area contributed by atoms with E-state index in [1.54, 1.807) is 17.8 Å². The van der Waals surface area contributed by atoms with Crippen molar-refractivity contribution in [2.45, 2.75) is 109 Å². The highest BCUT2D eigenvalue weighted by molar-refractivity contribution is 7.98. The second-order valence-corrected chi connectivity index (χ2v) is 19.2. The molecular weight excluding hydrogens is 841 g/mol. The minimum absolute atomic E-state index is 0.166. The van der Waals surface area contributed by atoms with Crippen LogP contribution >= 0.6 is 11.8 Å². The molecule has 4 aliphatic heterocycles. The normalized spacial score (nSPS) is 28.4. The largest absolute Gasteiger partial charge is 0.493 e. The molecular formula is C46H56O14S2. The van der Waals surface area contributed by atoms with Crippen molar-refractivity contribution >= 4 is 21.6 Å². The van der Waals surface area contributed by atoms with Crippen molar-refractivity contribution in [3.8, 4) is 11.5 Å². The molecule has 0 saturated carbocycles. The number of thioether (sulfide) groups is 1. The molecule has 0 aliphatic carbocycles. The van der Waals surface area contributed by atoms with E-state index in [-0.39, 0.29) is 4.90 Å². The second-order valence-electron chi connectivity index (χ2n) is 16.4. The summed E-state index contributed by atoms with van der Waals surface area (Å²) in [4.78, 5) is 1.29. The Hall–Kier alpha value is -3.62. The average Bonchev–Trinajstić information content (AvgIpc) is 3.27. The molecule has 0 amide bonds. The Bertz CT molecular complexity index is 2280. The van der Waals surface area contributed by atoms with Crippen LogP contribution in [0.15, 0.2) is 82.6 Å². The standard InChI is InChI=1S/C23H28O8S.C23H28O6S/c1-32(28,29)19-7-5-15(23-22(27)21(26)20(25)18(12-24)31-23)11-16(19)10-13-4-6-17-14(9-13)3-2-8-30-17;1-30-19-7-5-15(23-22(27)21(26)20(25)18(12-24)29-23)11-16(19)10-13-4-6-17-14(9-13)3-2-8-28-17/h4-7,9,11,18,20-27H,2-3,8,10,12H2,1H3;4-7,9,11,18,20-27H,2-3,8,10,12H2,1H3/t2*18-,20-,21+,22-,23+/m11/s1. The van der Waals surface area contributed by atoms with Crippen LogP contribution in [0.4, 0.5) is 0 Å². The van der Waals surface area contributed by atoms with Crippen LogP contribution in [0.1, 0.15) is 69.6 Å². The molecule has 0 aromatic heterocycles. The lowest BCUT2D eigenvalue weighted by molar-refractivity contribution is -0.231. The van der Waals surface area contributed by atoms with Crippen LogP contribution in [0.5, 0.6) is 11.5 Å². The molecule has 8 rings (SSSR count). The predicted molar refractivity (Wildman–Crippen MR) is 229 cm³/mol. The van der Waals surface area contributed by atoms with Gasteiger partial charge in [0.1, 0.15) is 72.5 Å². The summed E-state index contributed by atoms with van der Waals surface area (Å²) in [6, 6.07) is 22.6. The molecule has 0 spiro atoms. The van der Waals surface area contributed by atoms with Gasteiger partial charge in [-0.1, -0.05) is 48.5 Å². The molecule has 4 aliphatic rings. The van der Waals surface area contributed by atoms with E-state index in [2.05, 4.69) is 12.1 Å². The lowest BCUT2D eigenvalue weighted by atomic mass is 9.90. The smallest absolute Gasteiger partial charge is 0.175 e. The summed E-state index contributed by atoms with van der Waals surface area (Å²) in [5.74, 6) is 1.81. The highest BCUT2D eigenvalue weighted by atomic mass is 32.2. The van der Waals surface area contributed by atoms with Crippen molar-refractivity contribution in [2.75, 3.05) is 38.9 Å². The van der Waals surface area contributed by atoms with E-state index < -0.39 is 84.1 Å². The summed E-state index contributed by atoms with van der Waals surface area (Å²) in [7, 11) is -3.52. The summed E-state index contributed by atoms with van der Waals surface area (Å²) >= 11 is 1.65. The van der Waals surface area contributed by atoms with Gasteiger partial charge in [0.15, 0.2) is 9.84 Å². The number of ether oxygens (including phenoxy) is 4. The van der Waals surface area contributed by atoms with Gasteiger partial charge in [0.25, 0.3) is 0 Å². The number of benzene rings is 4. The summed E-state index contributed by atoms with van der Waals surface area (Å²) in [5, 5.41) is 80.2. The van der Waals surface area contributed by atoms with Crippen LogP contribution in [0.25, 0.3) is 0 Å². The zero-order valence-electron chi connectivity index (χ0n) is 34.6. The second kappa shape index (κ2) is 20.0. The topological polar surface area (TPSA) is 233 Å². The van der Waals surface area contributed by atoms with E-state index in [0.717, 1.165) is 71.6 Å². The molecule has 4 heterocycles. The summed E-state index contributed by atoms with van der Waals surface area (Å²) < 4.78 is 47.6. The number of aryl methyl sites for hydroxylation is 2. The third-order valence-electron chi connectivity index (χ3n) is 12.0. The number of sulfone groups is 1. The van der Waals surface area contributed by atoms with Gasteiger partial charge in [-0.05, 0) is 114 Å². The highest BCUT2D eigenvalue weighted by Crippen LogP contribution is 2.37. The molecule has 336 valence electrons. The maximum Gasteiger partial charge on any atom is 0.175 e. The van der Waals surface area contributed by atoms with Crippen LogP contribution in [0, 0.1) is 0 Å². The molecule has 62 heavy (non-hydrogen) atoms. The number of aliphatic hydroxyl groups is 8. The lowest BCUT2D eigenvalue weighted by Crippen LogP contribution is -2.55. The van der Waals surface area contributed by atoms with Crippen LogP contribution in [-0.2, 0) is 45.0 Å². The number of aliphatic hydroxyl groups excluding tert-OH is 8. The fourth-order valence-corrected chi connectivity index (χ4v) is 10.2. The van der Waals surface area contributed by atoms with Gasteiger partial charge < -0.3 is 59.8 Å². The van der Waals surface area contributed by atoms with Gasteiger partial charge in [0, 0.05) is 11.2 Å². The minimum atomic E-state index is -3.52. The van der Waals surface area contributed by atoms with E-state index in [1.807, 2.05) is 48.7 Å². The molecule has 2 fully saturated rings.